The summed E-state index contributed by atoms with van der Waals surface area (Å²) in [5, 5.41) is 1.24. The molecule has 146 valence electrons. The third-order valence-corrected chi connectivity index (χ3v) is 8.19. The lowest BCUT2D eigenvalue weighted by Crippen LogP contribution is -2.42. The standard InChI is InChI=1S/C22H31N3OS/c1-2-15-6-11-18-19(15)20-21(23-14-24-22(20)27-18)26-17-9-7-16(8-10-17)25-12-4-3-5-13-25/h14-17H,2-13H2,1H3/t15-,16?,17?/m0/s1. The Hall–Kier alpha value is -1.20. The van der Waals surface area contributed by atoms with Gasteiger partial charge in [-0.2, -0.15) is 0 Å². The summed E-state index contributed by atoms with van der Waals surface area (Å²) in [5.74, 6) is 1.52. The molecule has 2 aromatic heterocycles. The molecule has 0 amide bonds. The van der Waals surface area contributed by atoms with Gasteiger partial charge < -0.3 is 9.64 Å². The number of aryl methyl sites for hydroxylation is 1. The fourth-order valence-corrected chi connectivity index (χ4v) is 6.74. The summed E-state index contributed by atoms with van der Waals surface area (Å²) < 4.78 is 6.52. The van der Waals surface area contributed by atoms with Gasteiger partial charge in [-0.15, -0.1) is 11.3 Å². The van der Waals surface area contributed by atoms with Gasteiger partial charge in [0.25, 0.3) is 0 Å². The molecule has 0 aromatic carbocycles. The van der Waals surface area contributed by atoms with Gasteiger partial charge in [0.1, 0.15) is 17.3 Å². The highest BCUT2D eigenvalue weighted by molar-refractivity contribution is 7.19. The van der Waals surface area contributed by atoms with E-state index in [2.05, 4.69) is 21.8 Å². The maximum absolute atomic E-state index is 6.52. The van der Waals surface area contributed by atoms with E-state index in [1.54, 1.807) is 6.33 Å². The minimum Gasteiger partial charge on any atom is -0.474 e. The maximum Gasteiger partial charge on any atom is 0.225 e. The molecule has 0 radical (unpaired) electrons. The van der Waals surface area contributed by atoms with Crippen molar-refractivity contribution in [3.05, 3.63) is 16.8 Å². The summed E-state index contributed by atoms with van der Waals surface area (Å²) >= 11 is 1.86. The first-order valence-corrected chi connectivity index (χ1v) is 11.8. The van der Waals surface area contributed by atoms with Gasteiger partial charge in [0, 0.05) is 10.9 Å². The molecule has 2 aliphatic carbocycles. The molecule has 3 aliphatic rings. The number of piperidine rings is 1. The first-order chi connectivity index (χ1) is 13.3. The Morgan fingerprint density at radius 3 is 2.67 bits per heavy atom. The molecule has 0 unspecified atom stereocenters. The number of hydrogen-bond donors (Lipinski definition) is 0. The van der Waals surface area contributed by atoms with Crippen LogP contribution in [0.25, 0.3) is 10.2 Å². The van der Waals surface area contributed by atoms with Gasteiger partial charge in [0.05, 0.1) is 5.39 Å². The average molecular weight is 386 g/mol. The number of likely N-dealkylation sites (tertiary alicyclic amines) is 1. The van der Waals surface area contributed by atoms with Crippen LogP contribution >= 0.6 is 11.3 Å². The number of ether oxygens (including phenoxy) is 1. The van der Waals surface area contributed by atoms with Gasteiger partial charge in [-0.1, -0.05) is 13.3 Å². The topological polar surface area (TPSA) is 38.3 Å². The van der Waals surface area contributed by atoms with Crippen molar-refractivity contribution in [2.75, 3.05) is 13.1 Å². The van der Waals surface area contributed by atoms with Gasteiger partial charge in [-0.3, -0.25) is 0 Å². The van der Waals surface area contributed by atoms with Crippen molar-refractivity contribution in [2.45, 2.75) is 89.2 Å². The van der Waals surface area contributed by atoms with Crippen molar-refractivity contribution < 1.29 is 4.74 Å². The highest BCUT2D eigenvalue weighted by atomic mass is 32.1. The number of nitrogens with zero attached hydrogens (tertiary/aromatic N) is 3. The highest BCUT2D eigenvalue weighted by Gasteiger charge is 2.31. The molecule has 0 bridgehead atoms. The molecular formula is C22H31N3OS. The number of aromatic nitrogens is 2. The second kappa shape index (κ2) is 7.67. The van der Waals surface area contributed by atoms with E-state index in [0.717, 1.165) is 29.6 Å². The fourth-order valence-electron chi connectivity index (χ4n) is 5.51. The molecule has 2 fully saturated rings. The van der Waals surface area contributed by atoms with Crippen molar-refractivity contribution in [3.8, 4) is 5.88 Å². The van der Waals surface area contributed by atoms with E-state index in [0.29, 0.717) is 12.0 Å². The molecule has 4 nitrogen and oxygen atoms in total. The SMILES string of the molecule is CC[C@H]1CCc2sc3ncnc(OC4CCC(N5CCCCC5)CC4)c3c21. The van der Waals surface area contributed by atoms with Gasteiger partial charge in [-0.05, 0) is 82.4 Å². The minimum atomic E-state index is 0.321. The third kappa shape index (κ3) is 3.38. The molecule has 0 spiro atoms. The van der Waals surface area contributed by atoms with Gasteiger partial charge in [0.2, 0.25) is 5.88 Å². The van der Waals surface area contributed by atoms with Crippen LogP contribution in [-0.4, -0.2) is 40.1 Å². The molecular weight excluding hydrogens is 354 g/mol. The van der Waals surface area contributed by atoms with Crippen LogP contribution in [0.3, 0.4) is 0 Å². The highest BCUT2D eigenvalue weighted by Crippen LogP contribution is 2.47. The third-order valence-electron chi connectivity index (χ3n) is 7.02. The lowest BCUT2D eigenvalue weighted by Gasteiger charge is -2.38. The molecule has 5 heteroatoms. The maximum atomic E-state index is 6.52. The molecule has 1 saturated carbocycles. The smallest absolute Gasteiger partial charge is 0.225 e. The van der Waals surface area contributed by atoms with Crippen LogP contribution in [0, 0.1) is 0 Å². The van der Waals surface area contributed by atoms with Crippen LogP contribution in [0.15, 0.2) is 6.33 Å². The zero-order chi connectivity index (χ0) is 18.2. The van der Waals surface area contributed by atoms with Crippen molar-refractivity contribution in [3.63, 3.8) is 0 Å². The molecule has 1 atom stereocenters. The second-order valence-corrected chi connectivity index (χ2v) is 9.67. The van der Waals surface area contributed by atoms with E-state index in [9.17, 15) is 0 Å². The van der Waals surface area contributed by atoms with Crippen LogP contribution in [0.1, 0.15) is 81.1 Å². The van der Waals surface area contributed by atoms with E-state index in [4.69, 9.17) is 4.74 Å². The van der Waals surface area contributed by atoms with Crippen molar-refractivity contribution in [1.82, 2.24) is 14.9 Å². The normalized spacial score (nSPS) is 29.1. The Kier molecular flexibility index (Phi) is 5.08. The van der Waals surface area contributed by atoms with E-state index in [1.165, 1.54) is 80.3 Å². The minimum absolute atomic E-state index is 0.321. The summed E-state index contributed by atoms with van der Waals surface area (Å²) in [4.78, 5) is 14.5. The average Bonchev–Trinajstić information content (AvgIpc) is 3.28. The molecule has 3 heterocycles. The van der Waals surface area contributed by atoms with Crippen LogP contribution in [0.5, 0.6) is 5.88 Å². The lowest BCUT2D eigenvalue weighted by molar-refractivity contribution is 0.0756. The Morgan fingerprint density at radius 2 is 1.89 bits per heavy atom. The van der Waals surface area contributed by atoms with E-state index in [1.807, 2.05) is 11.3 Å². The van der Waals surface area contributed by atoms with Gasteiger partial charge in [0.15, 0.2) is 0 Å². The quantitative estimate of drug-likeness (QED) is 0.715. The Bertz CT molecular complexity index is 790. The Balaban J connectivity index is 1.31. The Morgan fingerprint density at radius 1 is 1.07 bits per heavy atom. The van der Waals surface area contributed by atoms with Crippen LogP contribution in [0.2, 0.25) is 0 Å². The molecule has 1 saturated heterocycles. The fraction of sp³-hybridized carbons (Fsp3) is 0.727. The largest absolute Gasteiger partial charge is 0.474 e. The van der Waals surface area contributed by atoms with Crippen molar-refractivity contribution in [1.29, 1.82) is 0 Å². The summed E-state index contributed by atoms with van der Waals surface area (Å²) in [7, 11) is 0. The monoisotopic (exact) mass is 385 g/mol. The zero-order valence-corrected chi connectivity index (χ0v) is 17.3. The second-order valence-electron chi connectivity index (χ2n) is 8.59. The summed E-state index contributed by atoms with van der Waals surface area (Å²) in [6.45, 7) is 4.92. The summed E-state index contributed by atoms with van der Waals surface area (Å²) in [6.07, 6.45) is 14.8. The Labute approximate surface area is 166 Å². The first-order valence-electron chi connectivity index (χ1n) is 11.0. The first kappa shape index (κ1) is 17.9. The molecule has 27 heavy (non-hydrogen) atoms. The molecule has 1 aliphatic heterocycles. The molecule has 2 aromatic rings. The van der Waals surface area contributed by atoms with Crippen LogP contribution in [-0.2, 0) is 6.42 Å². The van der Waals surface area contributed by atoms with Crippen molar-refractivity contribution in [2.24, 2.45) is 0 Å². The van der Waals surface area contributed by atoms with Crippen LogP contribution in [0.4, 0.5) is 0 Å². The van der Waals surface area contributed by atoms with Crippen molar-refractivity contribution >= 4 is 21.6 Å². The summed E-state index contributed by atoms with van der Waals surface area (Å²) in [5.41, 5.74) is 1.51. The number of thiophene rings is 1. The zero-order valence-electron chi connectivity index (χ0n) is 16.5. The predicted octanol–water partition coefficient (Wildman–Crippen LogP) is 5.31. The molecule has 0 N–H and O–H groups in total. The van der Waals surface area contributed by atoms with Gasteiger partial charge in [-0.25, -0.2) is 9.97 Å². The summed E-state index contributed by atoms with van der Waals surface area (Å²) in [6, 6.07) is 0.783. The van der Waals surface area contributed by atoms with E-state index in [-0.39, 0.29) is 0 Å². The predicted molar refractivity (Wildman–Crippen MR) is 111 cm³/mol. The van der Waals surface area contributed by atoms with E-state index >= 15 is 0 Å². The van der Waals surface area contributed by atoms with Gasteiger partial charge >= 0.3 is 0 Å². The number of rotatable bonds is 4. The van der Waals surface area contributed by atoms with E-state index < -0.39 is 0 Å². The number of hydrogen-bond acceptors (Lipinski definition) is 5. The lowest BCUT2D eigenvalue weighted by atomic mass is 9.90. The number of fused-ring (bicyclic) bond motifs is 3. The molecule has 5 rings (SSSR count). The van der Waals surface area contributed by atoms with Crippen LogP contribution < -0.4 is 4.74 Å².